The minimum absolute atomic E-state index is 0. The van der Waals surface area contributed by atoms with Gasteiger partial charge in [0.05, 0.1) is 0 Å². The molecule has 0 bridgehead atoms. The van der Waals surface area contributed by atoms with Gasteiger partial charge in [-0.1, -0.05) is 110 Å². The Bertz CT molecular complexity index is 1740. The maximum atomic E-state index is 3.06. The second-order valence-electron chi connectivity index (χ2n) is 10.7. The van der Waals surface area contributed by atoms with E-state index < -0.39 is 0 Å². The molecule has 0 saturated carbocycles. The van der Waals surface area contributed by atoms with E-state index in [2.05, 4.69) is 154 Å². The quantitative estimate of drug-likeness (QED) is 0.131. The van der Waals surface area contributed by atoms with Gasteiger partial charge in [0.1, 0.15) is 0 Å². The molecular formula is C40H36SiZr-4. The molecule has 0 aromatic heterocycles. The van der Waals surface area contributed by atoms with E-state index in [9.17, 15) is 0 Å². The maximum absolute atomic E-state index is 3.06. The monoisotopic (exact) mass is 634 g/mol. The van der Waals surface area contributed by atoms with Crippen LogP contribution in [0.1, 0.15) is 56.3 Å². The van der Waals surface area contributed by atoms with Crippen LogP contribution in [0.3, 0.4) is 0 Å². The summed E-state index contributed by atoms with van der Waals surface area (Å²) in [6.45, 7) is 7.40. The van der Waals surface area contributed by atoms with Gasteiger partial charge in [-0.3, -0.25) is 0 Å². The van der Waals surface area contributed by atoms with Crippen LogP contribution in [-0.4, -0.2) is 6.88 Å². The zero-order chi connectivity index (χ0) is 27.6. The number of benzene rings is 4. The van der Waals surface area contributed by atoms with Crippen molar-refractivity contribution in [1.82, 2.24) is 0 Å². The van der Waals surface area contributed by atoms with Crippen molar-refractivity contribution in [3.63, 3.8) is 0 Å². The van der Waals surface area contributed by atoms with Crippen molar-refractivity contribution in [2.75, 3.05) is 0 Å². The molecule has 8 rings (SSSR count). The first kappa shape index (κ1) is 31.6. The molecule has 2 radical (unpaired) electrons. The van der Waals surface area contributed by atoms with Crippen molar-refractivity contribution in [1.29, 1.82) is 0 Å². The summed E-state index contributed by atoms with van der Waals surface area (Å²) in [5, 5.41) is 5.50. The zero-order valence-corrected chi connectivity index (χ0v) is 28.3. The number of allylic oxidation sites excluding steroid dienone is 2. The first-order valence-electron chi connectivity index (χ1n) is 13.8. The molecule has 0 aliphatic heterocycles. The molecule has 0 fully saturated rings. The summed E-state index contributed by atoms with van der Waals surface area (Å²) >= 11 is 1.36. The van der Waals surface area contributed by atoms with Gasteiger partial charge < -0.3 is 14.9 Å². The summed E-state index contributed by atoms with van der Waals surface area (Å²) in [6, 6.07) is 39.8. The third-order valence-electron chi connectivity index (χ3n) is 8.13. The Labute approximate surface area is 268 Å². The van der Waals surface area contributed by atoms with E-state index in [1.54, 1.807) is 0 Å². The molecule has 42 heavy (non-hydrogen) atoms. The molecule has 0 amide bonds. The topological polar surface area (TPSA) is 0 Å². The number of rotatable bonds is 2. The molecule has 2 aliphatic rings. The molecule has 2 atom stereocenters. The van der Waals surface area contributed by atoms with Crippen LogP contribution in [0.25, 0.3) is 33.7 Å². The summed E-state index contributed by atoms with van der Waals surface area (Å²) in [4.78, 5) is 0. The summed E-state index contributed by atoms with van der Waals surface area (Å²) in [7, 11) is 0. The molecule has 6 aromatic carbocycles. The van der Waals surface area contributed by atoms with Gasteiger partial charge in [-0.2, -0.15) is 12.1 Å². The van der Waals surface area contributed by atoms with Crippen molar-refractivity contribution in [2.45, 2.75) is 25.7 Å². The van der Waals surface area contributed by atoms with Crippen LogP contribution in [-0.2, 0) is 23.3 Å². The van der Waals surface area contributed by atoms with Gasteiger partial charge in [0.2, 0.25) is 0 Å². The second kappa shape index (κ2) is 13.8. The van der Waals surface area contributed by atoms with Crippen LogP contribution < -0.4 is 0 Å². The fourth-order valence-electron chi connectivity index (χ4n) is 6.40. The first-order chi connectivity index (χ1) is 19.7. The molecular weight excluding hydrogens is 600 g/mol. The van der Waals surface area contributed by atoms with Crippen LogP contribution in [0.4, 0.5) is 0 Å². The van der Waals surface area contributed by atoms with Crippen LogP contribution in [0.15, 0.2) is 121 Å². The van der Waals surface area contributed by atoms with E-state index >= 15 is 0 Å². The second-order valence-corrected chi connectivity index (χ2v) is 10.7. The Hall–Kier alpha value is -3.32. The standard InChI is InChI=1S/2C19H15.2CH3.Si.Zr/c2*1-13-11-15-6-4-8-17(19(15)12-13)18-10-9-14-5-2-3-7-16(14)18;;;;/h2*2-12,18H,1H3;2*1H3;;/q4*-1;;. The molecule has 6 aromatic rings. The fourth-order valence-corrected chi connectivity index (χ4v) is 6.40. The van der Waals surface area contributed by atoms with Gasteiger partial charge in [-0.15, -0.1) is 69.1 Å². The fraction of sp³-hybridized carbons (Fsp3) is 0.100. The molecule has 2 aliphatic carbocycles. The predicted octanol–water partition coefficient (Wildman–Crippen LogP) is 10.6. The van der Waals surface area contributed by atoms with Gasteiger partial charge in [-0.25, -0.2) is 0 Å². The average Bonchev–Trinajstić information content (AvgIpc) is 3.77. The van der Waals surface area contributed by atoms with Gasteiger partial charge in [0.25, 0.3) is 0 Å². The first-order valence-corrected chi connectivity index (χ1v) is 18.0. The molecule has 0 saturated heterocycles. The zero-order valence-electron chi connectivity index (χ0n) is 24.9. The van der Waals surface area contributed by atoms with Crippen molar-refractivity contribution >= 4 is 40.6 Å². The van der Waals surface area contributed by atoms with Gasteiger partial charge >= 0.3 is 30.2 Å². The molecule has 2 heteroatoms. The molecule has 2 unspecified atom stereocenters. The average molecular weight is 636 g/mol. The van der Waals surface area contributed by atoms with Crippen LogP contribution in [0, 0.1) is 28.7 Å². The Balaban J connectivity index is 0.000000174. The van der Waals surface area contributed by atoms with Gasteiger partial charge in [-0.05, 0) is 22.3 Å². The third kappa shape index (κ3) is 5.94. The molecule has 0 heterocycles. The van der Waals surface area contributed by atoms with E-state index in [0.717, 1.165) is 0 Å². The van der Waals surface area contributed by atoms with Gasteiger partial charge in [0, 0.05) is 11.8 Å². The van der Waals surface area contributed by atoms with E-state index in [0.29, 0.717) is 11.8 Å². The Morgan fingerprint density at radius 2 is 0.905 bits per heavy atom. The Morgan fingerprint density at radius 3 is 1.33 bits per heavy atom. The number of hydrogen-bond acceptors (Lipinski definition) is 0. The van der Waals surface area contributed by atoms with Gasteiger partial charge in [0.15, 0.2) is 0 Å². The van der Waals surface area contributed by atoms with Crippen LogP contribution >= 0.6 is 0 Å². The number of aryl methyl sites for hydroxylation is 2. The summed E-state index contributed by atoms with van der Waals surface area (Å²) in [6.07, 6.45) is 9.13. The Morgan fingerprint density at radius 1 is 0.524 bits per heavy atom. The summed E-state index contributed by atoms with van der Waals surface area (Å²) in [5.41, 5.74) is 11.1. The summed E-state index contributed by atoms with van der Waals surface area (Å²) in [5.74, 6) is 0.809. The molecule has 0 spiro atoms. The number of hydrogen-bond donors (Lipinski definition) is 0. The molecule has 0 N–H and O–H groups in total. The van der Waals surface area contributed by atoms with Crippen molar-refractivity contribution in [2.24, 2.45) is 0 Å². The van der Waals surface area contributed by atoms with E-state index in [-0.39, 0.29) is 14.9 Å². The minimum atomic E-state index is 0. The van der Waals surface area contributed by atoms with Crippen molar-refractivity contribution in [3.05, 3.63) is 181 Å². The van der Waals surface area contributed by atoms with E-state index in [4.69, 9.17) is 0 Å². The SMILES string of the molecule is Cc1cc2c(C3C=Cc4ccccc43)cccc2[cH-]1.Cc1cc2c(C3C=Cc4ccccc43)cccc2[cH-]1.[CH3-].[CH3-].[Si]=[Zr]. The molecule has 208 valence electrons. The summed E-state index contributed by atoms with van der Waals surface area (Å²) < 4.78 is 0. The predicted molar refractivity (Wildman–Crippen MR) is 182 cm³/mol. The molecule has 0 nitrogen and oxygen atoms in total. The Kier molecular flexibility index (Phi) is 10.4. The van der Waals surface area contributed by atoms with Crippen LogP contribution in [0.2, 0.25) is 0 Å². The van der Waals surface area contributed by atoms with Crippen molar-refractivity contribution in [3.8, 4) is 0 Å². The van der Waals surface area contributed by atoms with E-state index in [1.165, 1.54) is 89.4 Å². The van der Waals surface area contributed by atoms with Crippen LogP contribution in [0.5, 0.6) is 0 Å². The van der Waals surface area contributed by atoms with Crippen molar-refractivity contribution < 1.29 is 23.3 Å². The number of fused-ring (bicyclic) bond motifs is 4. The normalized spacial score (nSPS) is 15.5. The third-order valence-corrected chi connectivity index (χ3v) is 8.13. The van der Waals surface area contributed by atoms with E-state index in [1.807, 2.05) is 0 Å².